The van der Waals surface area contributed by atoms with Crippen molar-refractivity contribution in [2.75, 3.05) is 18.5 Å². The van der Waals surface area contributed by atoms with E-state index in [1.54, 1.807) is 0 Å². The Labute approximate surface area is 95.6 Å². The second-order valence-electron chi connectivity index (χ2n) is 4.05. The van der Waals surface area contributed by atoms with Gasteiger partial charge in [0, 0.05) is 30.0 Å². The molecule has 0 atom stereocenters. The van der Waals surface area contributed by atoms with Crippen molar-refractivity contribution in [3.05, 3.63) is 28.8 Å². The molecule has 0 bridgehead atoms. The highest BCUT2D eigenvalue weighted by molar-refractivity contribution is 6.30. The van der Waals surface area contributed by atoms with E-state index >= 15 is 0 Å². The third-order valence-electron chi connectivity index (χ3n) is 2.63. The van der Waals surface area contributed by atoms with E-state index in [9.17, 15) is 0 Å². The van der Waals surface area contributed by atoms with E-state index in [2.05, 4.69) is 18.3 Å². The molecule has 1 saturated heterocycles. The molecule has 1 fully saturated rings. The normalized spacial score (nSPS) is 17.7. The molecule has 0 amide bonds. The summed E-state index contributed by atoms with van der Waals surface area (Å²) in [6.07, 6.45) is 2.15. The Morgan fingerprint density at radius 1 is 1.27 bits per heavy atom. The Morgan fingerprint density at radius 2 is 2.00 bits per heavy atom. The monoisotopic (exact) mass is 225 g/mol. The molecule has 82 valence electrons. The number of nitrogens with one attached hydrogen (secondary N) is 1. The van der Waals surface area contributed by atoms with Crippen LogP contribution in [-0.4, -0.2) is 19.3 Å². The van der Waals surface area contributed by atoms with Crippen LogP contribution in [0.4, 0.5) is 5.69 Å². The Bertz CT molecular complexity index is 314. The van der Waals surface area contributed by atoms with E-state index in [4.69, 9.17) is 16.3 Å². The zero-order chi connectivity index (χ0) is 10.7. The van der Waals surface area contributed by atoms with Crippen LogP contribution in [0, 0.1) is 6.92 Å². The first-order valence-corrected chi connectivity index (χ1v) is 5.73. The van der Waals surface area contributed by atoms with Crippen LogP contribution >= 0.6 is 11.6 Å². The van der Waals surface area contributed by atoms with E-state index in [-0.39, 0.29) is 0 Å². The third kappa shape index (κ3) is 3.11. The second kappa shape index (κ2) is 4.86. The van der Waals surface area contributed by atoms with Gasteiger partial charge in [0.05, 0.1) is 0 Å². The van der Waals surface area contributed by atoms with Gasteiger partial charge in [-0.2, -0.15) is 0 Å². The lowest BCUT2D eigenvalue weighted by Crippen LogP contribution is -2.27. The highest BCUT2D eigenvalue weighted by Crippen LogP contribution is 2.21. The van der Waals surface area contributed by atoms with Gasteiger partial charge in [0.1, 0.15) is 0 Å². The smallest absolute Gasteiger partial charge is 0.0485 e. The van der Waals surface area contributed by atoms with E-state index in [0.717, 1.165) is 36.8 Å². The van der Waals surface area contributed by atoms with Gasteiger partial charge < -0.3 is 10.1 Å². The molecule has 1 heterocycles. The molecule has 0 unspecified atom stereocenters. The largest absolute Gasteiger partial charge is 0.382 e. The van der Waals surface area contributed by atoms with E-state index < -0.39 is 0 Å². The van der Waals surface area contributed by atoms with Crippen LogP contribution in [0.3, 0.4) is 0 Å². The molecule has 1 aromatic carbocycles. The summed E-state index contributed by atoms with van der Waals surface area (Å²) in [6, 6.07) is 6.60. The summed E-state index contributed by atoms with van der Waals surface area (Å²) in [5, 5.41) is 4.29. The predicted molar refractivity (Wildman–Crippen MR) is 63.7 cm³/mol. The zero-order valence-electron chi connectivity index (χ0n) is 8.92. The van der Waals surface area contributed by atoms with Crippen molar-refractivity contribution in [1.82, 2.24) is 0 Å². The molecule has 0 aromatic heterocycles. The molecule has 15 heavy (non-hydrogen) atoms. The first-order chi connectivity index (χ1) is 7.24. The summed E-state index contributed by atoms with van der Waals surface area (Å²) in [6.45, 7) is 3.77. The fraction of sp³-hybridized carbons (Fsp3) is 0.500. The van der Waals surface area contributed by atoms with Crippen molar-refractivity contribution >= 4 is 17.3 Å². The lowest BCUT2D eigenvalue weighted by Gasteiger charge is -2.24. The average Bonchev–Trinajstić information content (AvgIpc) is 2.17. The highest BCUT2D eigenvalue weighted by Gasteiger charge is 2.13. The number of ether oxygens (including phenoxy) is 1. The number of anilines is 1. The maximum atomic E-state index is 6.00. The number of hydrogen-bond donors (Lipinski definition) is 1. The molecular weight excluding hydrogens is 210 g/mol. The predicted octanol–water partition coefficient (Wildman–Crippen LogP) is 3.24. The molecule has 0 spiro atoms. The molecular formula is C12H16ClNO. The van der Waals surface area contributed by atoms with Crippen LogP contribution in [-0.2, 0) is 4.74 Å². The molecule has 1 aliphatic rings. The molecule has 1 aliphatic heterocycles. The molecule has 0 aliphatic carbocycles. The summed E-state index contributed by atoms with van der Waals surface area (Å²) in [5.41, 5.74) is 2.31. The Morgan fingerprint density at radius 3 is 2.67 bits per heavy atom. The topological polar surface area (TPSA) is 21.3 Å². The van der Waals surface area contributed by atoms with E-state index in [0.29, 0.717) is 6.04 Å². The van der Waals surface area contributed by atoms with E-state index in [1.807, 2.05) is 12.1 Å². The number of halogens is 1. The molecule has 3 heteroatoms. The Balaban J connectivity index is 2.02. The lowest BCUT2D eigenvalue weighted by molar-refractivity contribution is 0.0904. The van der Waals surface area contributed by atoms with Crippen LogP contribution in [0.25, 0.3) is 0 Å². The van der Waals surface area contributed by atoms with Crippen molar-refractivity contribution in [3.8, 4) is 0 Å². The minimum atomic E-state index is 0.525. The van der Waals surface area contributed by atoms with Gasteiger partial charge in [0.25, 0.3) is 0 Å². The van der Waals surface area contributed by atoms with Gasteiger partial charge in [-0.15, -0.1) is 0 Å². The van der Waals surface area contributed by atoms with Crippen LogP contribution < -0.4 is 5.32 Å². The molecule has 2 rings (SSSR count). The molecule has 0 saturated carbocycles. The summed E-state index contributed by atoms with van der Waals surface area (Å²) < 4.78 is 5.32. The summed E-state index contributed by atoms with van der Waals surface area (Å²) in [7, 11) is 0. The number of rotatable bonds is 2. The van der Waals surface area contributed by atoms with Crippen molar-refractivity contribution in [1.29, 1.82) is 0 Å². The summed E-state index contributed by atoms with van der Waals surface area (Å²) in [5.74, 6) is 0. The SMILES string of the molecule is Cc1cc(Cl)cc(NC2CCOCC2)c1. The van der Waals surface area contributed by atoms with Gasteiger partial charge in [0.15, 0.2) is 0 Å². The Hall–Kier alpha value is -0.730. The minimum absolute atomic E-state index is 0.525. The Kier molecular flexibility index (Phi) is 3.49. The van der Waals surface area contributed by atoms with Crippen LogP contribution in [0.1, 0.15) is 18.4 Å². The van der Waals surface area contributed by atoms with Crippen molar-refractivity contribution in [3.63, 3.8) is 0 Å². The fourth-order valence-corrected chi connectivity index (χ4v) is 2.19. The van der Waals surface area contributed by atoms with Gasteiger partial charge >= 0.3 is 0 Å². The first-order valence-electron chi connectivity index (χ1n) is 5.35. The number of hydrogen-bond acceptors (Lipinski definition) is 2. The number of aryl methyl sites for hydroxylation is 1. The van der Waals surface area contributed by atoms with Crippen molar-refractivity contribution in [2.45, 2.75) is 25.8 Å². The van der Waals surface area contributed by atoms with Crippen LogP contribution in [0.5, 0.6) is 0 Å². The highest BCUT2D eigenvalue weighted by atomic mass is 35.5. The lowest BCUT2D eigenvalue weighted by atomic mass is 10.1. The van der Waals surface area contributed by atoms with Crippen LogP contribution in [0.2, 0.25) is 5.02 Å². The van der Waals surface area contributed by atoms with Gasteiger partial charge in [-0.3, -0.25) is 0 Å². The van der Waals surface area contributed by atoms with E-state index in [1.165, 1.54) is 5.56 Å². The maximum absolute atomic E-state index is 6.00. The van der Waals surface area contributed by atoms with Gasteiger partial charge in [-0.05, 0) is 43.5 Å². The third-order valence-corrected chi connectivity index (χ3v) is 2.85. The van der Waals surface area contributed by atoms with Crippen molar-refractivity contribution < 1.29 is 4.74 Å². The quantitative estimate of drug-likeness (QED) is 0.835. The standard InChI is InChI=1S/C12H16ClNO/c1-9-6-10(13)8-12(7-9)14-11-2-4-15-5-3-11/h6-8,11,14H,2-5H2,1H3. The second-order valence-corrected chi connectivity index (χ2v) is 4.48. The fourth-order valence-electron chi connectivity index (χ4n) is 1.90. The van der Waals surface area contributed by atoms with Gasteiger partial charge in [-0.1, -0.05) is 11.6 Å². The average molecular weight is 226 g/mol. The van der Waals surface area contributed by atoms with Gasteiger partial charge in [0.2, 0.25) is 0 Å². The first kappa shape index (κ1) is 10.8. The molecule has 1 aromatic rings. The maximum Gasteiger partial charge on any atom is 0.0485 e. The molecule has 0 radical (unpaired) electrons. The van der Waals surface area contributed by atoms with Gasteiger partial charge in [-0.25, -0.2) is 0 Å². The van der Waals surface area contributed by atoms with Crippen LogP contribution in [0.15, 0.2) is 18.2 Å². The zero-order valence-corrected chi connectivity index (χ0v) is 9.68. The summed E-state index contributed by atoms with van der Waals surface area (Å²) >= 11 is 6.00. The summed E-state index contributed by atoms with van der Waals surface area (Å²) in [4.78, 5) is 0. The molecule has 2 nitrogen and oxygen atoms in total. The van der Waals surface area contributed by atoms with Crippen molar-refractivity contribution in [2.24, 2.45) is 0 Å². The number of benzene rings is 1. The minimum Gasteiger partial charge on any atom is -0.382 e. The molecule has 1 N–H and O–H groups in total.